The van der Waals surface area contributed by atoms with Gasteiger partial charge in [0.2, 0.25) is 0 Å². The largest absolute Gasteiger partial charge is 0 e. The van der Waals surface area contributed by atoms with E-state index in [1.165, 1.54) is 47.8 Å². The van der Waals surface area contributed by atoms with E-state index in [4.69, 9.17) is 9.40 Å². The molecule has 0 unspecified atom stereocenters. The van der Waals surface area contributed by atoms with E-state index in [2.05, 4.69) is 116 Å². The Morgan fingerprint density at radius 1 is 0.722 bits per heavy atom. The van der Waals surface area contributed by atoms with Crippen molar-refractivity contribution < 1.29 is 28.9 Å². The zero-order chi connectivity index (χ0) is 36.9. The van der Waals surface area contributed by atoms with E-state index in [1.807, 2.05) is 48.7 Å². The fourth-order valence-corrected chi connectivity index (χ4v) is 12.0. The summed E-state index contributed by atoms with van der Waals surface area (Å²) in [6, 6.07) is 42.5. The summed E-state index contributed by atoms with van der Waals surface area (Å²) in [4.78, 5) is 9.39. The van der Waals surface area contributed by atoms with Gasteiger partial charge in [0.15, 0.2) is 0 Å². The zero-order valence-electron chi connectivity index (χ0n) is 31.0. The van der Waals surface area contributed by atoms with Crippen molar-refractivity contribution in [2.45, 2.75) is 44.0 Å². The maximum absolute atomic E-state index is 13.4. The van der Waals surface area contributed by atoms with Gasteiger partial charge in [0, 0.05) is 31.0 Å². The SMILES string of the molecule is CC(C)c1ccnc(-c2[c-]ccc3c2sc2c(-c4ccc(F)cc4)cccc23)c1.Cc1cc(-c2[c-]ccc3c2oc2ccccc23)nc[c]1[Ge]([CH3])([CH3])[CH3].[Ir]. The monoisotopic (exact) mass is 965 g/mol. The van der Waals surface area contributed by atoms with Crippen molar-refractivity contribution in [1.29, 1.82) is 0 Å². The second-order valence-corrected chi connectivity index (χ2v) is 26.4. The summed E-state index contributed by atoms with van der Waals surface area (Å²) in [7, 11) is 0. The van der Waals surface area contributed by atoms with Gasteiger partial charge in [-0.15, -0.1) is 23.8 Å². The number of halogens is 1. The molecule has 3 nitrogen and oxygen atoms in total. The number of rotatable bonds is 5. The number of hydrogen-bond acceptors (Lipinski definition) is 4. The van der Waals surface area contributed by atoms with Crippen LogP contribution in [0.5, 0.6) is 0 Å². The van der Waals surface area contributed by atoms with Crippen LogP contribution in [0.25, 0.3) is 75.8 Å². The number of thiophene rings is 1. The Morgan fingerprint density at radius 3 is 2.15 bits per heavy atom. The first-order valence-corrected chi connectivity index (χ1v) is 26.1. The molecule has 7 heteroatoms. The number of benzene rings is 5. The van der Waals surface area contributed by atoms with Crippen LogP contribution in [0.2, 0.25) is 17.3 Å². The molecule has 0 aliphatic heterocycles. The van der Waals surface area contributed by atoms with Gasteiger partial charge < -0.3 is 4.98 Å². The summed E-state index contributed by atoms with van der Waals surface area (Å²) < 4.78 is 23.4. The van der Waals surface area contributed by atoms with Crippen molar-refractivity contribution in [3.63, 3.8) is 0 Å². The molecule has 54 heavy (non-hydrogen) atoms. The first-order chi connectivity index (χ1) is 25.6. The van der Waals surface area contributed by atoms with E-state index < -0.39 is 13.3 Å². The third kappa shape index (κ3) is 7.21. The Labute approximate surface area is 336 Å². The predicted molar refractivity (Wildman–Crippen MR) is 224 cm³/mol. The van der Waals surface area contributed by atoms with Crippen LogP contribution in [-0.4, -0.2) is 23.2 Å². The Kier molecular flexibility index (Phi) is 10.8. The summed E-state index contributed by atoms with van der Waals surface area (Å²) in [5, 5.41) is 4.68. The van der Waals surface area contributed by atoms with Crippen LogP contribution in [0.3, 0.4) is 0 Å². The number of para-hydroxylation sites is 1. The Balaban J connectivity index is 0.000000166. The molecular formula is C47H39FGeIrN2OS-2. The van der Waals surface area contributed by atoms with E-state index in [0.717, 1.165) is 55.6 Å². The fraction of sp³-hybridized carbons (Fsp3) is 0.149. The number of hydrogen-bond donors (Lipinski definition) is 0. The van der Waals surface area contributed by atoms with Crippen molar-refractivity contribution >= 4 is 71.1 Å². The molecule has 5 aromatic carbocycles. The molecule has 0 aliphatic rings. The minimum absolute atomic E-state index is 0. The second kappa shape index (κ2) is 15.4. The molecule has 0 spiro atoms. The minimum Gasteiger partial charge on any atom is 0 e. The van der Waals surface area contributed by atoms with Crippen molar-refractivity contribution in [1.82, 2.24) is 9.97 Å². The van der Waals surface area contributed by atoms with Crippen molar-refractivity contribution in [2.75, 3.05) is 0 Å². The standard InChI is InChI=1S/C26H19FNS.C21H20GeNO.Ir/c1-16(2)18-13-14-28-24(15-18)23-8-4-7-22-21-6-3-5-20(25(21)29-26(22)23)17-9-11-19(27)12-10-17;1-14-12-19(23-13-18(14)22(2,3)4)17-10-7-9-16-15-8-5-6-11-20(15)24-21(16)17;/h3-7,9-16H,1-2H3;5-9,11-13H,1-4H3;/q2*-1;. The molecule has 0 saturated heterocycles. The molecule has 0 amide bonds. The van der Waals surface area contributed by atoms with Gasteiger partial charge in [-0.1, -0.05) is 61.2 Å². The van der Waals surface area contributed by atoms with Crippen LogP contribution in [0.15, 0.2) is 126 Å². The molecule has 4 heterocycles. The number of furan rings is 1. The third-order valence-electron chi connectivity index (χ3n) is 9.83. The quantitative estimate of drug-likeness (QED) is 0.127. The molecule has 9 aromatic rings. The molecular weight excluding hydrogens is 924 g/mol. The molecule has 4 aromatic heterocycles. The fourth-order valence-electron chi connectivity index (χ4n) is 7.11. The predicted octanol–water partition coefficient (Wildman–Crippen LogP) is 13.1. The van der Waals surface area contributed by atoms with Gasteiger partial charge in [0.1, 0.15) is 5.82 Å². The Bertz CT molecular complexity index is 2780. The summed E-state index contributed by atoms with van der Waals surface area (Å²) in [6.07, 6.45) is 3.95. The van der Waals surface area contributed by atoms with Gasteiger partial charge in [-0.2, -0.15) is 11.3 Å². The Morgan fingerprint density at radius 2 is 1.41 bits per heavy atom. The summed E-state index contributed by atoms with van der Waals surface area (Å²) in [6.45, 7) is 6.57. The van der Waals surface area contributed by atoms with E-state index in [1.54, 1.807) is 11.3 Å². The number of pyridine rings is 2. The molecule has 9 rings (SSSR count). The molecule has 0 atom stereocenters. The van der Waals surface area contributed by atoms with Gasteiger partial charge in [0.05, 0.1) is 0 Å². The third-order valence-corrected chi connectivity index (χ3v) is 15.6. The summed E-state index contributed by atoms with van der Waals surface area (Å²) >= 11 is -0.133. The van der Waals surface area contributed by atoms with E-state index in [9.17, 15) is 4.39 Å². The van der Waals surface area contributed by atoms with Gasteiger partial charge in [-0.05, 0) is 51.0 Å². The van der Waals surface area contributed by atoms with Crippen molar-refractivity contribution in [3.8, 4) is 33.6 Å². The van der Waals surface area contributed by atoms with E-state index in [-0.39, 0.29) is 25.9 Å². The minimum atomic E-state index is -1.89. The van der Waals surface area contributed by atoms with Crippen molar-refractivity contribution in [2.24, 2.45) is 0 Å². The molecule has 0 aliphatic carbocycles. The average molecular weight is 964 g/mol. The van der Waals surface area contributed by atoms with Crippen LogP contribution in [0, 0.1) is 24.9 Å². The van der Waals surface area contributed by atoms with Gasteiger partial charge in [-0.25, -0.2) is 4.39 Å². The van der Waals surface area contributed by atoms with Crippen LogP contribution in [-0.2, 0) is 20.1 Å². The molecule has 271 valence electrons. The molecule has 0 N–H and O–H groups in total. The summed E-state index contributed by atoms with van der Waals surface area (Å²) in [5.74, 6) is 7.43. The Hall–Kier alpha value is -4.46. The van der Waals surface area contributed by atoms with Gasteiger partial charge in [0.25, 0.3) is 0 Å². The number of fused-ring (bicyclic) bond motifs is 6. The maximum Gasteiger partial charge on any atom is 0 e. The molecule has 1 radical (unpaired) electrons. The topological polar surface area (TPSA) is 38.9 Å². The summed E-state index contributed by atoms with van der Waals surface area (Å²) in [5.41, 5.74) is 10.4. The first kappa shape index (κ1) is 37.8. The number of aromatic nitrogens is 2. The van der Waals surface area contributed by atoms with E-state index >= 15 is 0 Å². The number of aryl methyl sites for hydroxylation is 1. The smallest absolute Gasteiger partial charge is 0 e. The zero-order valence-corrected chi connectivity index (χ0v) is 36.4. The van der Waals surface area contributed by atoms with Crippen LogP contribution in [0.1, 0.15) is 30.9 Å². The van der Waals surface area contributed by atoms with Gasteiger partial charge in [-0.3, -0.25) is 0 Å². The first-order valence-electron chi connectivity index (χ1n) is 17.9. The average Bonchev–Trinajstić information content (AvgIpc) is 3.74. The maximum atomic E-state index is 13.4. The van der Waals surface area contributed by atoms with Crippen LogP contribution in [0.4, 0.5) is 4.39 Å². The molecule has 0 bridgehead atoms. The second-order valence-electron chi connectivity index (χ2n) is 14.8. The molecule has 0 saturated carbocycles. The number of nitrogens with zero attached hydrogens (tertiary/aromatic N) is 2. The van der Waals surface area contributed by atoms with E-state index in [0.29, 0.717) is 5.92 Å². The van der Waals surface area contributed by atoms with Crippen LogP contribution >= 0.6 is 11.3 Å². The normalized spacial score (nSPS) is 11.6. The van der Waals surface area contributed by atoms with Gasteiger partial charge >= 0.3 is 145 Å². The van der Waals surface area contributed by atoms with Crippen LogP contribution < -0.4 is 4.40 Å². The van der Waals surface area contributed by atoms with Crippen molar-refractivity contribution in [3.05, 3.63) is 151 Å². The molecule has 0 fully saturated rings.